The Hall–Kier alpha value is -1.19. The molecule has 0 aromatic carbocycles. The molecule has 1 atom stereocenters. The molecule has 0 aromatic heterocycles. The SMILES string of the molecule is O=C(CI)NC(C(=O)O)N1C(=O)CCC1=O. The molecule has 7 nitrogen and oxygen atoms in total. The summed E-state index contributed by atoms with van der Waals surface area (Å²) in [7, 11) is 0. The molecule has 0 radical (unpaired) electrons. The maximum Gasteiger partial charge on any atom is 0.347 e. The molecule has 16 heavy (non-hydrogen) atoms. The standard InChI is InChI=1S/C8H9IN2O5/c9-3-4(12)10-7(8(15)16)11-5(13)1-2-6(11)14/h7H,1-3H2,(H,10,12)(H,15,16). The molecule has 0 bridgehead atoms. The predicted octanol–water partition coefficient (Wildman–Crippen LogP) is -0.903. The molecule has 0 aromatic rings. The van der Waals surface area contributed by atoms with Gasteiger partial charge in [-0.2, -0.15) is 0 Å². The fourth-order valence-corrected chi connectivity index (χ4v) is 1.53. The molecule has 1 saturated heterocycles. The van der Waals surface area contributed by atoms with Crippen LogP contribution in [0.15, 0.2) is 0 Å². The molecule has 8 heteroatoms. The molecule has 1 aliphatic rings. The van der Waals surface area contributed by atoms with Crippen molar-refractivity contribution in [3.63, 3.8) is 0 Å². The number of nitrogens with one attached hydrogen (secondary N) is 1. The predicted molar refractivity (Wildman–Crippen MR) is 59.5 cm³/mol. The van der Waals surface area contributed by atoms with E-state index in [0.717, 1.165) is 0 Å². The van der Waals surface area contributed by atoms with E-state index in [4.69, 9.17) is 5.11 Å². The summed E-state index contributed by atoms with van der Waals surface area (Å²) in [5.74, 6) is -3.13. The smallest absolute Gasteiger partial charge is 0.347 e. The van der Waals surface area contributed by atoms with Crippen molar-refractivity contribution in [1.82, 2.24) is 10.2 Å². The number of amides is 3. The van der Waals surface area contributed by atoms with Gasteiger partial charge in [0.05, 0.1) is 4.43 Å². The van der Waals surface area contributed by atoms with Crippen molar-refractivity contribution < 1.29 is 24.3 Å². The van der Waals surface area contributed by atoms with E-state index in [1.165, 1.54) is 0 Å². The van der Waals surface area contributed by atoms with E-state index in [0.29, 0.717) is 4.90 Å². The number of carboxylic acid groups (broad SMARTS) is 1. The molecule has 2 N–H and O–H groups in total. The number of carbonyl (C=O) groups excluding carboxylic acids is 3. The highest BCUT2D eigenvalue weighted by molar-refractivity contribution is 14.1. The third-order valence-electron chi connectivity index (χ3n) is 2.00. The van der Waals surface area contributed by atoms with E-state index in [9.17, 15) is 19.2 Å². The van der Waals surface area contributed by atoms with Gasteiger partial charge < -0.3 is 10.4 Å². The molecule has 1 heterocycles. The van der Waals surface area contributed by atoms with Crippen LogP contribution in [0.1, 0.15) is 12.8 Å². The van der Waals surface area contributed by atoms with Gasteiger partial charge in [-0.1, -0.05) is 22.6 Å². The number of imide groups is 1. The van der Waals surface area contributed by atoms with Crippen LogP contribution in [-0.4, -0.2) is 44.3 Å². The lowest BCUT2D eigenvalue weighted by Crippen LogP contribution is -2.55. The van der Waals surface area contributed by atoms with Crippen LogP contribution in [0.5, 0.6) is 0 Å². The van der Waals surface area contributed by atoms with Crippen LogP contribution in [0.2, 0.25) is 0 Å². The molecule has 0 saturated carbocycles. The summed E-state index contributed by atoms with van der Waals surface area (Å²) in [4.78, 5) is 45.1. The summed E-state index contributed by atoms with van der Waals surface area (Å²) in [6.45, 7) is 0. The van der Waals surface area contributed by atoms with E-state index in [-0.39, 0.29) is 17.3 Å². The third-order valence-corrected chi connectivity index (χ3v) is 2.69. The van der Waals surface area contributed by atoms with Crippen LogP contribution in [0, 0.1) is 0 Å². The molecule has 3 amide bonds. The van der Waals surface area contributed by atoms with Crippen molar-refractivity contribution in [2.45, 2.75) is 19.0 Å². The van der Waals surface area contributed by atoms with Gasteiger partial charge in [-0.3, -0.25) is 19.3 Å². The molecule has 1 rings (SSSR count). The van der Waals surface area contributed by atoms with E-state index < -0.39 is 29.9 Å². The first kappa shape index (κ1) is 12.9. The number of carboxylic acids is 1. The summed E-state index contributed by atoms with van der Waals surface area (Å²) in [5.41, 5.74) is 0. The number of alkyl halides is 1. The Morgan fingerprint density at radius 3 is 2.25 bits per heavy atom. The Bertz CT molecular complexity index is 340. The maximum atomic E-state index is 11.3. The maximum absolute atomic E-state index is 11.3. The number of nitrogens with zero attached hydrogens (tertiary/aromatic N) is 1. The lowest BCUT2D eigenvalue weighted by atomic mass is 10.4. The fraction of sp³-hybridized carbons (Fsp3) is 0.500. The van der Waals surface area contributed by atoms with Crippen molar-refractivity contribution >= 4 is 46.3 Å². The van der Waals surface area contributed by atoms with Crippen LogP contribution in [0.3, 0.4) is 0 Å². The molecule has 1 fully saturated rings. The lowest BCUT2D eigenvalue weighted by Gasteiger charge is -2.22. The van der Waals surface area contributed by atoms with Crippen LogP contribution in [0.25, 0.3) is 0 Å². The minimum Gasteiger partial charge on any atom is -0.478 e. The molecular weight excluding hydrogens is 331 g/mol. The minimum atomic E-state index is -1.59. The number of aliphatic carboxylic acids is 1. The normalized spacial score (nSPS) is 17.4. The topological polar surface area (TPSA) is 104 Å². The second-order valence-electron chi connectivity index (χ2n) is 3.10. The number of rotatable bonds is 4. The summed E-state index contributed by atoms with van der Waals surface area (Å²) in [6.07, 6.45) is -1.62. The number of hydrogen-bond acceptors (Lipinski definition) is 4. The zero-order chi connectivity index (χ0) is 12.3. The first-order chi connectivity index (χ1) is 7.47. The minimum absolute atomic E-state index is 0.0112. The molecule has 88 valence electrons. The average Bonchev–Trinajstić information content (AvgIpc) is 2.55. The van der Waals surface area contributed by atoms with E-state index in [2.05, 4.69) is 5.32 Å². The van der Waals surface area contributed by atoms with Crippen LogP contribution < -0.4 is 5.32 Å². The molecule has 1 unspecified atom stereocenters. The van der Waals surface area contributed by atoms with Gasteiger partial charge in [-0.15, -0.1) is 0 Å². The zero-order valence-corrected chi connectivity index (χ0v) is 10.3. The third kappa shape index (κ3) is 2.68. The van der Waals surface area contributed by atoms with Crippen LogP contribution in [-0.2, 0) is 19.2 Å². The number of hydrogen-bond donors (Lipinski definition) is 2. The number of likely N-dealkylation sites (tertiary alicyclic amines) is 1. The lowest BCUT2D eigenvalue weighted by molar-refractivity contribution is -0.156. The van der Waals surface area contributed by atoms with Gasteiger partial charge in [0.15, 0.2) is 0 Å². The van der Waals surface area contributed by atoms with Crippen LogP contribution in [0.4, 0.5) is 0 Å². The zero-order valence-electron chi connectivity index (χ0n) is 8.10. The van der Waals surface area contributed by atoms with Crippen LogP contribution >= 0.6 is 22.6 Å². The summed E-state index contributed by atoms with van der Waals surface area (Å²) < 4.78 is 0.0533. The quantitative estimate of drug-likeness (QED) is 0.392. The highest BCUT2D eigenvalue weighted by atomic mass is 127. The van der Waals surface area contributed by atoms with Gasteiger partial charge in [-0.05, 0) is 0 Å². The van der Waals surface area contributed by atoms with E-state index in [1.807, 2.05) is 0 Å². The highest BCUT2D eigenvalue weighted by Crippen LogP contribution is 2.14. The van der Waals surface area contributed by atoms with Gasteiger partial charge in [0.25, 0.3) is 0 Å². The Labute approximate surface area is 104 Å². The second kappa shape index (κ2) is 5.23. The summed E-state index contributed by atoms with van der Waals surface area (Å²) >= 11 is 1.75. The highest BCUT2D eigenvalue weighted by Gasteiger charge is 2.39. The Morgan fingerprint density at radius 2 is 1.88 bits per heavy atom. The van der Waals surface area contributed by atoms with Gasteiger partial charge in [0, 0.05) is 12.8 Å². The molecule has 1 aliphatic heterocycles. The summed E-state index contributed by atoms with van der Waals surface area (Å²) in [5, 5.41) is 11.0. The monoisotopic (exact) mass is 340 g/mol. The largest absolute Gasteiger partial charge is 0.478 e. The van der Waals surface area contributed by atoms with Crippen molar-refractivity contribution in [3.05, 3.63) is 0 Å². The number of carbonyl (C=O) groups is 4. The fourth-order valence-electron chi connectivity index (χ4n) is 1.31. The first-order valence-electron chi connectivity index (χ1n) is 4.40. The summed E-state index contributed by atoms with van der Waals surface area (Å²) in [6, 6.07) is 0. The first-order valence-corrected chi connectivity index (χ1v) is 5.93. The van der Waals surface area contributed by atoms with Crippen molar-refractivity contribution in [2.24, 2.45) is 0 Å². The van der Waals surface area contributed by atoms with Gasteiger partial charge >= 0.3 is 5.97 Å². The molecule has 0 spiro atoms. The van der Waals surface area contributed by atoms with Crippen molar-refractivity contribution in [2.75, 3.05) is 4.43 Å². The van der Waals surface area contributed by atoms with Gasteiger partial charge in [0.1, 0.15) is 0 Å². The second-order valence-corrected chi connectivity index (χ2v) is 3.86. The Kier molecular flexibility index (Phi) is 4.21. The van der Waals surface area contributed by atoms with E-state index in [1.54, 1.807) is 22.6 Å². The van der Waals surface area contributed by atoms with Gasteiger partial charge in [-0.25, -0.2) is 4.79 Å². The van der Waals surface area contributed by atoms with Crippen molar-refractivity contribution in [3.8, 4) is 0 Å². The molecule has 0 aliphatic carbocycles. The van der Waals surface area contributed by atoms with Crippen molar-refractivity contribution in [1.29, 1.82) is 0 Å². The Balaban J connectivity index is 2.85. The van der Waals surface area contributed by atoms with Gasteiger partial charge in [0.2, 0.25) is 23.9 Å². The van der Waals surface area contributed by atoms with E-state index >= 15 is 0 Å². The number of halogens is 1. The Morgan fingerprint density at radius 1 is 1.38 bits per heavy atom. The molecular formula is C8H9IN2O5. The average molecular weight is 340 g/mol.